The van der Waals surface area contributed by atoms with Crippen molar-refractivity contribution in [3.05, 3.63) is 82.6 Å². The number of halogens is 2. The minimum Gasteiger partial charge on any atom is -0.463 e. The molecular weight excluding hydrogens is 418 g/mol. The number of esters is 1. The molecule has 168 valence electrons. The van der Waals surface area contributed by atoms with Gasteiger partial charge in [0, 0.05) is 24.6 Å². The van der Waals surface area contributed by atoms with Gasteiger partial charge in [-0.3, -0.25) is 9.59 Å². The van der Waals surface area contributed by atoms with Crippen LogP contribution >= 0.6 is 0 Å². The van der Waals surface area contributed by atoms with E-state index < -0.39 is 23.6 Å². The first-order valence-corrected chi connectivity index (χ1v) is 10.2. The molecule has 0 fully saturated rings. The summed E-state index contributed by atoms with van der Waals surface area (Å²) in [6.45, 7) is 3.26. The fraction of sp³-hybridized carbons (Fsp3) is 0.292. The highest BCUT2D eigenvalue weighted by Gasteiger charge is 2.37. The molecule has 0 saturated heterocycles. The Labute approximate surface area is 184 Å². The van der Waals surface area contributed by atoms with Crippen molar-refractivity contribution in [2.45, 2.75) is 32.7 Å². The standard InChI is InChI=1S/C24H24F2N2O4/c1-3-32-24(31)23-15(2)28(14-21(29)27-13-16-7-9-18(25)10-8-16)22(30)12-20(23)17-5-4-6-19(26)11-17/h4-11,20H,3,12-14H2,1-2H3,(H,27,29). The van der Waals surface area contributed by atoms with Crippen LogP contribution in [-0.4, -0.2) is 35.8 Å². The van der Waals surface area contributed by atoms with E-state index >= 15 is 0 Å². The Morgan fingerprint density at radius 2 is 1.84 bits per heavy atom. The fourth-order valence-electron chi connectivity index (χ4n) is 3.69. The number of ether oxygens (including phenoxy) is 1. The SMILES string of the molecule is CCOC(=O)C1=C(C)N(CC(=O)NCc2ccc(F)cc2)C(=O)CC1c1cccc(F)c1. The Hall–Kier alpha value is -3.55. The molecule has 0 aromatic heterocycles. The van der Waals surface area contributed by atoms with Crippen LogP contribution in [0.3, 0.4) is 0 Å². The number of carbonyl (C=O) groups excluding carboxylic acids is 3. The molecule has 2 aromatic rings. The van der Waals surface area contributed by atoms with E-state index in [4.69, 9.17) is 4.74 Å². The third kappa shape index (κ3) is 5.38. The van der Waals surface area contributed by atoms with E-state index in [0.29, 0.717) is 16.8 Å². The smallest absolute Gasteiger partial charge is 0.336 e. The van der Waals surface area contributed by atoms with Crippen LogP contribution in [0.2, 0.25) is 0 Å². The number of benzene rings is 2. The minimum atomic E-state index is -0.671. The van der Waals surface area contributed by atoms with Crippen LogP contribution in [0.1, 0.15) is 37.3 Å². The summed E-state index contributed by atoms with van der Waals surface area (Å²) in [4.78, 5) is 39.3. The van der Waals surface area contributed by atoms with Crippen molar-refractivity contribution in [1.29, 1.82) is 0 Å². The van der Waals surface area contributed by atoms with E-state index in [1.165, 1.54) is 35.2 Å². The number of nitrogens with one attached hydrogen (secondary N) is 1. The Morgan fingerprint density at radius 3 is 2.50 bits per heavy atom. The molecule has 0 bridgehead atoms. The molecule has 1 unspecified atom stereocenters. The van der Waals surface area contributed by atoms with Crippen molar-refractivity contribution in [3.8, 4) is 0 Å². The van der Waals surface area contributed by atoms with Crippen molar-refractivity contribution in [1.82, 2.24) is 10.2 Å². The monoisotopic (exact) mass is 442 g/mol. The summed E-state index contributed by atoms with van der Waals surface area (Å²) in [5.41, 5.74) is 1.71. The molecule has 0 aliphatic carbocycles. The molecule has 1 atom stereocenters. The number of hydrogen-bond donors (Lipinski definition) is 1. The summed E-state index contributed by atoms with van der Waals surface area (Å²) >= 11 is 0. The van der Waals surface area contributed by atoms with Crippen molar-refractivity contribution in [2.24, 2.45) is 0 Å². The second-order valence-electron chi connectivity index (χ2n) is 7.41. The molecule has 2 aromatic carbocycles. The van der Waals surface area contributed by atoms with Crippen LogP contribution in [-0.2, 0) is 25.7 Å². The van der Waals surface area contributed by atoms with Crippen molar-refractivity contribution in [2.75, 3.05) is 13.2 Å². The molecule has 6 nitrogen and oxygen atoms in total. The van der Waals surface area contributed by atoms with Gasteiger partial charge in [-0.05, 0) is 49.2 Å². The molecule has 1 aliphatic heterocycles. The highest BCUT2D eigenvalue weighted by molar-refractivity contribution is 5.97. The molecule has 2 amide bonds. The van der Waals surface area contributed by atoms with Crippen LogP contribution in [0.4, 0.5) is 8.78 Å². The summed E-state index contributed by atoms with van der Waals surface area (Å²) in [7, 11) is 0. The lowest BCUT2D eigenvalue weighted by atomic mass is 9.83. The van der Waals surface area contributed by atoms with E-state index in [1.54, 1.807) is 32.0 Å². The number of rotatable bonds is 7. The largest absolute Gasteiger partial charge is 0.463 e. The average Bonchev–Trinajstić information content (AvgIpc) is 2.76. The highest BCUT2D eigenvalue weighted by atomic mass is 19.1. The maximum Gasteiger partial charge on any atom is 0.336 e. The molecule has 8 heteroatoms. The summed E-state index contributed by atoms with van der Waals surface area (Å²) < 4.78 is 32.0. The average molecular weight is 442 g/mol. The first-order valence-electron chi connectivity index (χ1n) is 10.2. The molecule has 0 radical (unpaired) electrons. The first-order chi connectivity index (χ1) is 15.3. The third-order valence-electron chi connectivity index (χ3n) is 5.27. The van der Waals surface area contributed by atoms with Crippen molar-refractivity contribution < 1.29 is 27.9 Å². The number of carbonyl (C=O) groups is 3. The molecule has 3 rings (SSSR count). The van der Waals surface area contributed by atoms with Crippen LogP contribution < -0.4 is 5.32 Å². The molecule has 1 aliphatic rings. The quantitative estimate of drug-likeness (QED) is 0.667. The topological polar surface area (TPSA) is 75.7 Å². The minimum absolute atomic E-state index is 0.0970. The van der Waals surface area contributed by atoms with Gasteiger partial charge in [-0.1, -0.05) is 24.3 Å². The van der Waals surface area contributed by atoms with Crippen LogP contribution in [0.25, 0.3) is 0 Å². The molecule has 32 heavy (non-hydrogen) atoms. The van der Waals surface area contributed by atoms with E-state index in [2.05, 4.69) is 5.32 Å². The third-order valence-corrected chi connectivity index (χ3v) is 5.27. The van der Waals surface area contributed by atoms with Crippen LogP contribution in [0.15, 0.2) is 59.8 Å². The fourth-order valence-corrected chi connectivity index (χ4v) is 3.69. The predicted molar refractivity (Wildman–Crippen MR) is 113 cm³/mol. The second-order valence-corrected chi connectivity index (χ2v) is 7.41. The van der Waals surface area contributed by atoms with Gasteiger partial charge in [0.25, 0.3) is 0 Å². The van der Waals surface area contributed by atoms with Gasteiger partial charge < -0.3 is 15.0 Å². The van der Waals surface area contributed by atoms with E-state index in [9.17, 15) is 23.2 Å². The summed E-state index contributed by atoms with van der Waals surface area (Å²) in [5.74, 6) is -2.92. The van der Waals surface area contributed by atoms with E-state index in [-0.39, 0.29) is 43.4 Å². The Kier molecular flexibility index (Phi) is 7.35. The summed E-state index contributed by atoms with van der Waals surface area (Å²) in [6.07, 6.45) is -0.0970. The molecule has 1 N–H and O–H groups in total. The van der Waals surface area contributed by atoms with Gasteiger partial charge in [-0.15, -0.1) is 0 Å². The molecule has 0 saturated carbocycles. The maximum absolute atomic E-state index is 13.8. The van der Waals surface area contributed by atoms with Gasteiger partial charge in [-0.25, -0.2) is 13.6 Å². The Balaban J connectivity index is 1.82. The van der Waals surface area contributed by atoms with Gasteiger partial charge >= 0.3 is 5.97 Å². The molecule has 1 heterocycles. The number of amides is 2. The lowest BCUT2D eigenvalue weighted by Crippen LogP contribution is -2.44. The van der Waals surface area contributed by atoms with Crippen molar-refractivity contribution in [3.63, 3.8) is 0 Å². The van der Waals surface area contributed by atoms with E-state index in [0.717, 1.165) is 0 Å². The zero-order valence-corrected chi connectivity index (χ0v) is 17.9. The lowest BCUT2D eigenvalue weighted by molar-refractivity contribution is -0.141. The van der Waals surface area contributed by atoms with Gasteiger partial charge in [0.1, 0.15) is 18.2 Å². The molecule has 0 spiro atoms. The zero-order chi connectivity index (χ0) is 23.3. The van der Waals surface area contributed by atoms with Gasteiger partial charge in [-0.2, -0.15) is 0 Å². The Morgan fingerprint density at radius 1 is 1.12 bits per heavy atom. The maximum atomic E-state index is 13.8. The lowest BCUT2D eigenvalue weighted by Gasteiger charge is -2.34. The second kappa shape index (κ2) is 10.2. The predicted octanol–water partition coefficient (Wildman–Crippen LogP) is 3.43. The van der Waals surface area contributed by atoms with Crippen molar-refractivity contribution >= 4 is 17.8 Å². The number of allylic oxidation sites excluding steroid dienone is 1. The van der Waals surface area contributed by atoms with Crippen LogP contribution in [0, 0.1) is 11.6 Å². The first kappa shape index (κ1) is 23.1. The normalized spacial score (nSPS) is 16.2. The zero-order valence-electron chi connectivity index (χ0n) is 17.9. The van der Waals surface area contributed by atoms with Gasteiger partial charge in [0.05, 0.1) is 12.2 Å². The number of nitrogens with zero attached hydrogens (tertiary/aromatic N) is 1. The van der Waals surface area contributed by atoms with Gasteiger partial charge in [0.2, 0.25) is 11.8 Å². The van der Waals surface area contributed by atoms with E-state index in [1.807, 2.05) is 0 Å². The Bertz CT molecular complexity index is 1050. The summed E-state index contributed by atoms with van der Waals surface area (Å²) in [6, 6.07) is 11.4. The number of hydrogen-bond acceptors (Lipinski definition) is 4. The highest BCUT2D eigenvalue weighted by Crippen LogP contribution is 2.37. The summed E-state index contributed by atoms with van der Waals surface area (Å²) in [5, 5.41) is 2.68. The van der Waals surface area contributed by atoms with Gasteiger partial charge in [0.15, 0.2) is 0 Å². The van der Waals surface area contributed by atoms with Crippen LogP contribution in [0.5, 0.6) is 0 Å². The molecular formula is C24H24F2N2O4.